The Balaban J connectivity index is 2.26. The Kier molecular flexibility index (Phi) is 3.62. The Bertz CT molecular complexity index is 583. The number of nitrogens with zero attached hydrogens (tertiary/aromatic N) is 3. The van der Waals surface area contributed by atoms with Gasteiger partial charge in [-0.15, -0.1) is 0 Å². The van der Waals surface area contributed by atoms with E-state index in [9.17, 15) is 4.79 Å². The minimum absolute atomic E-state index is 0.0103. The molecule has 0 aliphatic carbocycles. The van der Waals surface area contributed by atoms with Crippen molar-refractivity contribution in [3.63, 3.8) is 0 Å². The minimum atomic E-state index is 0.0103. The molecule has 2 heterocycles. The summed E-state index contributed by atoms with van der Waals surface area (Å²) in [5.74, 6) is 0. The van der Waals surface area contributed by atoms with Gasteiger partial charge in [-0.2, -0.15) is 0 Å². The molecule has 0 saturated heterocycles. The van der Waals surface area contributed by atoms with Crippen molar-refractivity contribution in [1.82, 2.24) is 14.1 Å². The quantitative estimate of drug-likeness (QED) is 0.879. The standard InChI is InChI=1S/C13H18N4O/c1-10(2)17-6-5-16(13(17)18)9-11-3-4-15-12(7-11)8-14/h3-7,10H,8-9,14H2,1-2H3. The maximum Gasteiger partial charge on any atom is 0.328 e. The molecule has 0 saturated carbocycles. The Morgan fingerprint density at radius 2 is 2.17 bits per heavy atom. The molecule has 0 bridgehead atoms. The van der Waals surface area contributed by atoms with Crippen LogP contribution in [-0.2, 0) is 13.1 Å². The van der Waals surface area contributed by atoms with Gasteiger partial charge in [0.2, 0.25) is 0 Å². The van der Waals surface area contributed by atoms with Crippen LogP contribution in [0.5, 0.6) is 0 Å². The van der Waals surface area contributed by atoms with Crippen LogP contribution in [0.15, 0.2) is 35.5 Å². The number of nitrogens with two attached hydrogens (primary N) is 1. The first-order chi connectivity index (χ1) is 8.61. The lowest BCUT2D eigenvalue weighted by atomic mass is 10.2. The number of hydrogen-bond donors (Lipinski definition) is 1. The Morgan fingerprint density at radius 1 is 1.39 bits per heavy atom. The fourth-order valence-electron chi connectivity index (χ4n) is 1.88. The summed E-state index contributed by atoms with van der Waals surface area (Å²) in [6.07, 6.45) is 5.35. The van der Waals surface area contributed by atoms with E-state index in [1.54, 1.807) is 15.3 Å². The van der Waals surface area contributed by atoms with Crippen LogP contribution in [0.4, 0.5) is 0 Å². The molecule has 2 aromatic heterocycles. The van der Waals surface area contributed by atoms with E-state index in [2.05, 4.69) is 4.98 Å². The molecule has 0 amide bonds. The topological polar surface area (TPSA) is 65.8 Å². The van der Waals surface area contributed by atoms with E-state index >= 15 is 0 Å². The number of hydrogen-bond acceptors (Lipinski definition) is 3. The summed E-state index contributed by atoms with van der Waals surface area (Å²) in [4.78, 5) is 16.2. The first kappa shape index (κ1) is 12.6. The second kappa shape index (κ2) is 5.18. The summed E-state index contributed by atoms with van der Waals surface area (Å²) in [6, 6.07) is 4.01. The molecule has 0 fully saturated rings. The predicted octanol–water partition coefficient (Wildman–Crippen LogP) is 1.13. The van der Waals surface area contributed by atoms with E-state index in [1.165, 1.54) is 0 Å². The number of pyridine rings is 1. The minimum Gasteiger partial charge on any atom is -0.325 e. The molecule has 0 aliphatic heterocycles. The van der Waals surface area contributed by atoms with Crippen LogP contribution in [0.1, 0.15) is 31.1 Å². The van der Waals surface area contributed by atoms with E-state index in [1.807, 2.05) is 38.4 Å². The fourth-order valence-corrected chi connectivity index (χ4v) is 1.88. The van der Waals surface area contributed by atoms with Crippen molar-refractivity contribution in [2.24, 2.45) is 5.73 Å². The summed E-state index contributed by atoms with van der Waals surface area (Å²) in [6.45, 7) is 4.94. The van der Waals surface area contributed by atoms with Crippen molar-refractivity contribution in [2.75, 3.05) is 0 Å². The Labute approximate surface area is 106 Å². The smallest absolute Gasteiger partial charge is 0.325 e. The molecular weight excluding hydrogens is 228 g/mol. The third-order valence-electron chi connectivity index (χ3n) is 2.87. The van der Waals surface area contributed by atoms with Crippen LogP contribution in [0, 0.1) is 0 Å². The lowest BCUT2D eigenvalue weighted by Gasteiger charge is -2.06. The van der Waals surface area contributed by atoms with Crippen molar-refractivity contribution in [2.45, 2.75) is 33.0 Å². The van der Waals surface area contributed by atoms with Crippen LogP contribution in [0.3, 0.4) is 0 Å². The molecule has 96 valence electrons. The molecule has 2 N–H and O–H groups in total. The highest BCUT2D eigenvalue weighted by molar-refractivity contribution is 5.16. The molecule has 5 nitrogen and oxygen atoms in total. The van der Waals surface area contributed by atoms with E-state index in [0.717, 1.165) is 11.3 Å². The summed E-state index contributed by atoms with van der Waals surface area (Å²) in [7, 11) is 0. The van der Waals surface area contributed by atoms with Crippen LogP contribution in [-0.4, -0.2) is 14.1 Å². The van der Waals surface area contributed by atoms with Crippen LogP contribution < -0.4 is 11.4 Å². The van der Waals surface area contributed by atoms with Crippen LogP contribution in [0.25, 0.3) is 0 Å². The predicted molar refractivity (Wildman–Crippen MR) is 70.3 cm³/mol. The second-order valence-electron chi connectivity index (χ2n) is 4.57. The summed E-state index contributed by atoms with van der Waals surface area (Å²) in [5.41, 5.74) is 7.43. The number of aromatic nitrogens is 3. The first-order valence-corrected chi connectivity index (χ1v) is 6.03. The molecule has 0 atom stereocenters. The highest BCUT2D eigenvalue weighted by Gasteiger charge is 2.06. The lowest BCUT2D eigenvalue weighted by Crippen LogP contribution is -2.25. The van der Waals surface area contributed by atoms with Gasteiger partial charge in [0.1, 0.15) is 0 Å². The molecule has 2 aromatic rings. The number of imidazole rings is 1. The van der Waals surface area contributed by atoms with E-state index < -0.39 is 0 Å². The normalized spacial score (nSPS) is 11.1. The van der Waals surface area contributed by atoms with E-state index in [0.29, 0.717) is 13.1 Å². The molecule has 0 aliphatic rings. The zero-order valence-electron chi connectivity index (χ0n) is 10.7. The van der Waals surface area contributed by atoms with Crippen molar-refractivity contribution < 1.29 is 0 Å². The van der Waals surface area contributed by atoms with Gasteiger partial charge in [-0.05, 0) is 31.5 Å². The monoisotopic (exact) mass is 246 g/mol. The molecule has 5 heteroatoms. The zero-order chi connectivity index (χ0) is 13.1. The second-order valence-corrected chi connectivity index (χ2v) is 4.57. The zero-order valence-corrected chi connectivity index (χ0v) is 10.7. The van der Waals surface area contributed by atoms with Gasteiger partial charge in [-0.3, -0.25) is 14.1 Å². The average Bonchev–Trinajstić information content (AvgIpc) is 2.71. The molecule has 0 radical (unpaired) electrons. The van der Waals surface area contributed by atoms with Gasteiger partial charge in [0.05, 0.1) is 12.2 Å². The van der Waals surface area contributed by atoms with Gasteiger partial charge in [-0.1, -0.05) is 0 Å². The van der Waals surface area contributed by atoms with Crippen LogP contribution in [0.2, 0.25) is 0 Å². The SMILES string of the molecule is CC(C)n1ccn(Cc2ccnc(CN)c2)c1=O. The molecule has 0 aromatic carbocycles. The van der Waals surface area contributed by atoms with Gasteiger partial charge in [0.15, 0.2) is 0 Å². The fraction of sp³-hybridized carbons (Fsp3) is 0.385. The lowest BCUT2D eigenvalue weighted by molar-refractivity contribution is 0.561. The van der Waals surface area contributed by atoms with Gasteiger partial charge in [0, 0.05) is 31.2 Å². The van der Waals surface area contributed by atoms with Gasteiger partial charge >= 0.3 is 5.69 Å². The van der Waals surface area contributed by atoms with Gasteiger partial charge in [-0.25, -0.2) is 4.79 Å². The molecule has 0 spiro atoms. The van der Waals surface area contributed by atoms with Gasteiger partial charge < -0.3 is 5.73 Å². The third kappa shape index (κ3) is 2.51. The maximum absolute atomic E-state index is 12.1. The van der Waals surface area contributed by atoms with Crippen molar-refractivity contribution in [1.29, 1.82) is 0 Å². The highest BCUT2D eigenvalue weighted by Crippen LogP contribution is 2.05. The van der Waals surface area contributed by atoms with E-state index in [4.69, 9.17) is 5.73 Å². The van der Waals surface area contributed by atoms with Crippen molar-refractivity contribution in [3.05, 3.63) is 52.5 Å². The maximum atomic E-state index is 12.1. The van der Waals surface area contributed by atoms with Crippen molar-refractivity contribution in [3.8, 4) is 0 Å². The summed E-state index contributed by atoms with van der Waals surface area (Å²) in [5, 5.41) is 0. The highest BCUT2D eigenvalue weighted by atomic mass is 16.1. The van der Waals surface area contributed by atoms with Gasteiger partial charge in [0.25, 0.3) is 0 Å². The number of rotatable bonds is 4. The molecule has 0 unspecified atom stereocenters. The molecule has 18 heavy (non-hydrogen) atoms. The van der Waals surface area contributed by atoms with E-state index in [-0.39, 0.29) is 11.7 Å². The molecular formula is C13H18N4O. The van der Waals surface area contributed by atoms with Crippen molar-refractivity contribution >= 4 is 0 Å². The van der Waals surface area contributed by atoms with Crippen LogP contribution >= 0.6 is 0 Å². The summed E-state index contributed by atoms with van der Waals surface area (Å²) >= 11 is 0. The Hall–Kier alpha value is -1.88. The largest absolute Gasteiger partial charge is 0.328 e. The first-order valence-electron chi connectivity index (χ1n) is 6.03. The molecule has 2 rings (SSSR count). The average molecular weight is 246 g/mol. The summed E-state index contributed by atoms with van der Waals surface area (Å²) < 4.78 is 3.40. The Morgan fingerprint density at radius 3 is 2.78 bits per heavy atom. The third-order valence-corrected chi connectivity index (χ3v) is 2.87.